The third-order valence-electron chi connectivity index (χ3n) is 8.95. The molecule has 0 amide bonds. The largest absolute Gasteiger partial charge is 0.472 e. The van der Waals surface area contributed by atoms with Gasteiger partial charge in [0, 0.05) is 12.8 Å². The van der Waals surface area contributed by atoms with Gasteiger partial charge >= 0.3 is 27.6 Å². The Kier molecular flexibility index (Phi) is 38.1. The standard InChI is InChI=1S/C44H78O14P2/c1-3-5-7-9-11-13-14-15-16-17-18-20-22-26-30-34-43(47)54-38-42(39-57-60(52,53)56-37-41(46)36-55-59(49,50)51)58-44(48)35-31-27-23-25-29-33-40(45)32-28-24-21-19-12-10-8-6-4-2/h12,15-16,19,23-25,28-29,33,40-42,45-46H,3-11,13-14,17-18,20-22,26-27,30-32,34-39H2,1-2H3,(H,52,53)(H2,49,50,51)/b16-15-,19-12-,25-23+,28-24-,33-29-/t40?,41-,42+/m0/s1. The predicted molar refractivity (Wildman–Crippen MR) is 236 cm³/mol. The van der Waals surface area contributed by atoms with E-state index in [1.165, 1.54) is 57.8 Å². The lowest BCUT2D eigenvalue weighted by Gasteiger charge is -2.20. The molecule has 0 aromatic rings. The number of phosphoric acid groups is 2. The Labute approximate surface area is 360 Å². The molecule has 0 aliphatic carbocycles. The first-order chi connectivity index (χ1) is 28.8. The van der Waals surface area contributed by atoms with Crippen molar-refractivity contribution in [3.63, 3.8) is 0 Å². The Hall–Kier alpha value is -2.22. The molecular formula is C44H78O14P2. The van der Waals surface area contributed by atoms with Crippen molar-refractivity contribution in [1.82, 2.24) is 0 Å². The first-order valence-electron chi connectivity index (χ1n) is 22.1. The first kappa shape index (κ1) is 57.8. The Morgan fingerprint density at radius 2 is 1.07 bits per heavy atom. The van der Waals surface area contributed by atoms with Crippen molar-refractivity contribution in [3.05, 3.63) is 60.8 Å². The summed E-state index contributed by atoms with van der Waals surface area (Å²) >= 11 is 0. The van der Waals surface area contributed by atoms with Crippen molar-refractivity contribution in [2.75, 3.05) is 26.4 Å². The number of phosphoric ester groups is 2. The van der Waals surface area contributed by atoms with E-state index >= 15 is 0 Å². The zero-order valence-electron chi connectivity index (χ0n) is 36.4. The molecule has 2 unspecified atom stereocenters. The predicted octanol–water partition coefficient (Wildman–Crippen LogP) is 10.2. The molecule has 0 aromatic carbocycles. The fourth-order valence-electron chi connectivity index (χ4n) is 5.53. The number of aliphatic hydroxyl groups excluding tert-OH is 2. The van der Waals surface area contributed by atoms with Gasteiger partial charge in [0.25, 0.3) is 0 Å². The van der Waals surface area contributed by atoms with Crippen molar-refractivity contribution >= 4 is 27.6 Å². The summed E-state index contributed by atoms with van der Waals surface area (Å²) in [4.78, 5) is 52.7. The number of unbranched alkanes of at least 4 members (excludes halogenated alkanes) is 15. The van der Waals surface area contributed by atoms with Gasteiger partial charge in [-0.1, -0.05) is 139 Å². The quantitative estimate of drug-likeness (QED) is 0.0127. The van der Waals surface area contributed by atoms with Crippen LogP contribution in [0, 0.1) is 0 Å². The van der Waals surface area contributed by atoms with Crippen LogP contribution in [0.3, 0.4) is 0 Å². The molecule has 0 saturated carbocycles. The van der Waals surface area contributed by atoms with Crippen molar-refractivity contribution in [2.24, 2.45) is 0 Å². The summed E-state index contributed by atoms with van der Waals surface area (Å²) < 4.78 is 47.6. The van der Waals surface area contributed by atoms with E-state index in [-0.39, 0.29) is 12.8 Å². The third-order valence-corrected chi connectivity index (χ3v) is 10.4. The lowest BCUT2D eigenvalue weighted by Crippen LogP contribution is -2.29. The van der Waals surface area contributed by atoms with Crippen LogP contribution < -0.4 is 0 Å². The highest BCUT2D eigenvalue weighted by molar-refractivity contribution is 7.47. The van der Waals surface area contributed by atoms with Crippen LogP contribution in [0.2, 0.25) is 0 Å². The van der Waals surface area contributed by atoms with Crippen molar-refractivity contribution < 1.29 is 66.7 Å². The Balaban J connectivity index is 4.71. The summed E-state index contributed by atoms with van der Waals surface area (Å²) in [5, 5.41) is 19.9. The van der Waals surface area contributed by atoms with E-state index in [4.69, 9.17) is 23.8 Å². The fraction of sp³-hybridized carbons (Fsp3) is 0.727. The summed E-state index contributed by atoms with van der Waals surface area (Å²) in [6, 6.07) is 0. The highest BCUT2D eigenvalue weighted by Gasteiger charge is 2.28. The number of hydrogen-bond acceptors (Lipinski definition) is 11. The molecule has 60 heavy (non-hydrogen) atoms. The summed E-state index contributed by atoms with van der Waals surface area (Å²) in [6.45, 7) is 1.55. The molecule has 0 rings (SSSR count). The van der Waals surface area contributed by atoms with Gasteiger partial charge in [-0.2, -0.15) is 0 Å². The second-order valence-electron chi connectivity index (χ2n) is 14.8. The number of allylic oxidation sites excluding steroid dienone is 8. The van der Waals surface area contributed by atoms with Gasteiger partial charge in [-0.25, -0.2) is 9.13 Å². The van der Waals surface area contributed by atoms with Crippen LogP contribution >= 0.6 is 15.6 Å². The van der Waals surface area contributed by atoms with Crippen molar-refractivity contribution in [2.45, 2.75) is 180 Å². The lowest BCUT2D eigenvalue weighted by atomic mass is 10.1. The van der Waals surface area contributed by atoms with Crippen molar-refractivity contribution in [3.8, 4) is 0 Å². The summed E-state index contributed by atoms with van der Waals surface area (Å²) in [7, 11) is -9.73. The molecule has 0 fully saturated rings. The molecule has 0 saturated heterocycles. The number of ether oxygens (including phenoxy) is 2. The molecule has 0 radical (unpaired) electrons. The first-order valence-corrected chi connectivity index (χ1v) is 25.1. The van der Waals surface area contributed by atoms with Crippen LogP contribution in [-0.4, -0.2) is 81.6 Å². The van der Waals surface area contributed by atoms with Gasteiger partial charge in [-0.15, -0.1) is 0 Å². The van der Waals surface area contributed by atoms with E-state index in [0.29, 0.717) is 25.7 Å². The van der Waals surface area contributed by atoms with Crippen LogP contribution in [0.15, 0.2) is 60.8 Å². The van der Waals surface area contributed by atoms with E-state index in [0.717, 1.165) is 51.4 Å². The number of hydrogen-bond donors (Lipinski definition) is 5. The molecule has 14 nitrogen and oxygen atoms in total. The van der Waals surface area contributed by atoms with Crippen molar-refractivity contribution in [1.29, 1.82) is 0 Å². The average Bonchev–Trinajstić information content (AvgIpc) is 3.20. The number of aliphatic hydroxyl groups is 2. The number of carbonyl (C=O) groups excluding carboxylic acids is 2. The van der Waals surface area contributed by atoms with Crippen LogP contribution in [-0.2, 0) is 41.8 Å². The molecule has 0 bridgehead atoms. The van der Waals surface area contributed by atoms with Crippen LogP contribution in [0.4, 0.5) is 0 Å². The fourth-order valence-corrected chi connectivity index (χ4v) is 6.69. The molecule has 0 aliphatic rings. The second kappa shape index (κ2) is 39.6. The molecule has 0 aromatic heterocycles. The van der Waals surface area contributed by atoms with Gasteiger partial charge in [0.1, 0.15) is 12.7 Å². The third kappa shape index (κ3) is 42.5. The second-order valence-corrected chi connectivity index (χ2v) is 17.5. The van der Waals surface area contributed by atoms with E-state index in [9.17, 15) is 33.8 Å². The maximum Gasteiger partial charge on any atom is 0.472 e. The van der Waals surface area contributed by atoms with Gasteiger partial charge in [-0.05, 0) is 70.6 Å². The molecule has 4 atom stereocenters. The molecule has 5 N–H and O–H groups in total. The van der Waals surface area contributed by atoms with Gasteiger partial charge in [0.15, 0.2) is 6.10 Å². The lowest BCUT2D eigenvalue weighted by molar-refractivity contribution is -0.161. The zero-order chi connectivity index (χ0) is 44.6. The minimum atomic E-state index is -4.88. The smallest absolute Gasteiger partial charge is 0.462 e. The topological polar surface area (TPSA) is 216 Å². The molecular weight excluding hydrogens is 814 g/mol. The SMILES string of the molecule is CCCCC/C=C\C/C=C\CC(O)/C=C\C=C\CCCC(=O)O[C@H](COC(=O)CCCCCCC/C=C\CCCCCCCC)COP(=O)(O)OC[C@@H](O)COP(=O)(O)O. The van der Waals surface area contributed by atoms with Crippen LogP contribution in [0.1, 0.15) is 162 Å². The maximum absolute atomic E-state index is 12.6. The molecule has 0 aliphatic heterocycles. The number of rotatable bonds is 41. The highest BCUT2D eigenvalue weighted by atomic mass is 31.2. The van der Waals surface area contributed by atoms with Crippen LogP contribution in [0.25, 0.3) is 0 Å². The Morgan fingerprint density at radius 1 is 0.550 bits per heavy atom. The average molecular weight is 893 g/mol. The van der Waals surface area contributed by atoms with E-state index < -0.39 is 72.3 Å². The van der Waals surface area contributed by atoms with Gasteiger partial charge in [0.2, 0.25) is 0 Å². The van der Waals surface area contributed by atoms with Gasteiger partial charge < -0.3 is 34.4 Å². The summed E-state index contributed by atoms with van der Waals surface area (Å²) in [5.74, 6) is -1.17. The van der Waals surface area contributed by atoms with E-state index in [1.807, 2.05) is 18.2 Å². The van der Waals surface area contributed by atoms with Gasteiger partial charge in [0.05, 0.1) is 25.9 Å². The normalized spacial score (nSPS) is 15.1. The zero-order valence-corrected chi connectivity index (χ0v) is 38.2. The minimum Gasteiger partial charge on any atom is -0.462 e. The van der Waals surface area contributed by atoms with E-state index in [2.05, 4.69) is 47.2 Å². The summed E-state index contributed by atoms with van der Waals surface area (Å²) in [5.41, 5.74) is 0. The van der Waals surface area contributed by atoms with Gasteiger partial charge in [-0.3, -0.25) is 23.2 Å². The number of carbonyl (C=O) groups is 2. The molecule has 16 heteroatoms. The molecule has 0 heterocycles. The Bertz CT molecular complexity index is 1310. The van der Waals surface area contributed by atoms with E-state index in [1.54, 1.807) is 18.2 Å². The van der Waals surface area contributed by atoms with Crippen LogP contribution in [0.5, 0.6) is 0 Å². The minimum absolute atomic E-state index is 0.00701. The maximum atomic E-state index is 12.6. The molecule has 0 spiro atoms. The Morgan fingerprint density at radius 3 is 1.73 bits per heavy atom. The number of esters is 2. The monoisotopic (exact) mass is 892 g/mol. The molecule has 348 valence electrons. The highest BCUT2D eigenvalue weighted by Crippen LogP contribution is 2.43. The summed E-state index contributed by atoms with van der Waals surface area (Å²) in [6.07, 6.45) is 38.1.